The number of thioether (sulfide) groups is 1. The molecule has 1 aliphatic heterocycles. The molecule has 5 nitrogen and oxygen atoms in total. The summed E-state index contributed by atoms with van der Waals surface area (Å²) in [7, 11) is 0. The topological polar surface area (TPSA) is 66.1 Å². The Balaban J connectivity index is 1.60. The molecule has 6 heteroatoms. The molecule has 1 N–H and O–H groups in total. The average Bonchev–Trinajstić information content (AvgIpc) is 2.67. The van der Waals surface area contributed by atoms with E-state index in [1.54, 1.807) is 0 Å². The van der Waals surface area contributed by atoms with Crippen LogP contribution < -0.4 is 5.56 Å². The minimum Gasteiger partial charge on any atom is -0.343 e. The maximum Gasteiger partial charge on any atom is 0.254 e. The largest absolute Gasteiger partial charge is 0.343 e. The number of carbonyl (C=O) groups is 1. The van der Waals surface area contributed by atoms with Gasteiger partial charge in [-0.1, -0.05) is 42.1 Å². The van der Waals surface area contributed by atoms with Crippen LogP contribution in [0, 0.1) is 6.92 Å². The molecule has 1 aliphatic rings. The first-order chi connectivity index (χ1) is 12.6. The van der Waals surface area contributed by atoms with Crippen molar-refractivity contribution >= 4 is 17.7 Å². The van der Waals surface area contributed by atoms with Crippen LogP contribution in [0.2, 0.25) is 0 Å². The monoisotopic (exact) mass is 371 g/mol. The lowest BCUT2D eigenvalue weighted by Crippen LogP contribution is -2.36. The molecule has 2 aromatic rings. The molecule has 138 valence electrons. The zero-order chi connectivity index (χ0) is 18.4. The fourth-order valence-corrected chi connectivity index (χ4v) is 4.07. The second-order valence-electron chi connectivity index (χ2n) is 6.65. The van der Waals surface area contributed by atoms with Gasteiger partial charge in [0.1, 0.15) is 0 Å². The number of nitrogens with zero attached hydrogens (tertiary/aromatic N) is 2. The Labute approximate surface area is 158 Å². The molecule has 0 spiro atoms. The molecule has 0 bridgehead atoms. The third-order valence-corrected chi connectivity index (χ3v) is 5.66. The van der Waals surface area contributed by atoms with Crippen LogP contribution in [0.5, 0.6) is 0 Å². The molecular weight excluding hydrogens is 346 g/mol. The summed E-state index contributed by atoms with van der Waals surface area (Å²) in [6, 6.07) is 10.1. The predicted octanol–water partition coefficient (Wildman–Crippen LogP) is 3.32. The van der Waals surface area contributed by atoms with Gasteiger partial charge in [-0.2, -0.15) is 0 Å². The smallest absolute Gasteiger partial charge is 0.254 e. The SMILES string of the molecule is Cc1nc(SCc2ccccc2)[nH]c(=O)c1CCC(=O)N1CCCCC1. The van der Waals surface area contributed by atoms with Crippen molar-refractivity contribution in [2.45, 2.75) is 49.9 Å². The fourth-order valence-electron chi connectivity index (χ4n) is 3.21. The lowest BCUT2D eigenvalue weighted by molar-refractivity contribution is -0.132. The van der Waals surface area contributed by atoms with Gasteiger partial charge in [0.15, 0.2) is 5.16 Å². The third-order valence-electron chi connectivity index (χ3n) is 4.72. The van der Waals surface area contributed by atoms with Crippen LogP contribution in [-0.2, 0) is 17.0 Å². The Morgan fingerprint density at radius 3 is 2.62 bits per heavy atom. The molecule has 26 heavy (non-hydrogen) atoms. The number of likely N-dealkylation sites (tertiary alicyclic amines) is 1. The molecule has 1 saturated heterocycles. The van der Waals surface area contributed by atoms with Crippen molar-refractivity contribution in [1.82, 2.24) is 14.9 Å². The first-order valence-electron chi connectivity index (χ1n) is 9.18. The Bertz CT molecular complexity index is 798. The van der Waals surface area contributed by atoms with E-state index < -0.39 is 0 Å². The second kappa shape index (κ2) is 9.03. The van der Waals surface area contributed by atoms with Gasteiger partial charge >= 0.3 is 0 Å². The van der Waals surface area contributed by atoms with E-state index in [0.29, 0.717) is 23.6 Å². The highest BCUT2D eigenvalue weighted by Gasteiger charge is 2.17. The number of aryl methyl sites for hydroxylation is 1. The number of aromatic nitrogens is 2. The average molecular weight is 372 g/mol. The van der Waals surface area contributed by atoms with E-state index in [4.69, 9.17) is 0 Å². The molecule has 0 unspecified atom stereocenters. The Kier molecular flexibility index (Phi) is 6.50. The predicted molar refractivity (Wildman–Crippen MR) is 104 cm³/mol. The minimum absolute atomic E-state index is 0.125. The van der Waals surface area contributed by atoms with Gasteiger partial charge in [-0.3, -0.25) is 9.59 Å². The van der Waals surface area contributed by atoms with Crippen LogP contribution >= 0.6 is 11.8 Å². The molecule has 0 radical (unpaired) electrons. The second-order valence-corrected chi connectivity index (χ2v) is 7.61. The normalized spacial score (nSPS) is 14.4. The quantitative estimate of drug-likeness (QED) is 0.625. The first kappa shape index (κ1) is 18.7. The molecule has 1 aromatic carbocycles. The number of aromatic amines is 1. The number of H-pyrrole nitrogens is 1. The summed E-state index contributed by atoms with van der Waals surface area (Å²) in [4.78, 5) is 34.0. The van der Waals surface area contributed by atoms with Crippen molar-refractivity contribution in [2.75, 3.05) is 13.1 Å². The molecule has 0 aliphatic carbocycles. The van der Waals surface area contributed by atoms with E-state index in [1.807, 2.05) is 30.0 Å². The van der Waals surface area contributed by atoms with Crippen molar-refractivity contribution in [1.29, 1.82) is 0 Å². The molecular formula is C20H25N3O2S. The van der Waals surface area contributed by atoms with E-state index >= 15 is 0 Å². The fraction of sp³-hybridized carbons (Fsp3) is 0.450. The van der Waals surface area contributed by atoms with Crippen LogP contribution in [-0.4, -0.2) is 33.9 Å². The molecule has 1 aromatic heterocycles. The molecule has 1 fully saturated rings. The van der Waals surface area contributed by atoms with Crippen LogP contribution in [0.25, 0.3) is 0 Å². The molecule has 3 rings (SSSR count). The number of nitrogens with one attached hydrogen (secondary N) is 1. The van der Waals surface area contributed by atoms with E-state index in [9.17, 15) is 9.59 Å². The van der Waals surface area contributed by atoms with Crippen molar-refractivity contribution in [3.63, 3.8) is 0 Å². The van der Waals surface area contributed by atoms with Gasteiger partial charge < -0.3 is 9.88 Å². The zero-order valence-electron chi connectivity index (χ0n) is 15.2. The van der Waals surface area contributed by atoms with Crippen molar-refractivity contribution in [3.8, 4) is 0 Å². The molecule has 0 atom stereocenters. The van der Waals surface area contributed by atoms with Gasteiger partial charge in [0.25, 0.3) is 5.56 Å². The van der Waals surface area contributed by atoms with Crippen molar-refractivity contribution in [2.24, 2.45) is 0 Å². The van der Waals surface area contributed by atoms with Crippen molar-refractivity contribution < 1.29 is 4.79 Å². The Hall–Kier alpha value is -2.08. The van der Waals surface area contributed by atoms with Gasteiger partial charge in [0.05, 0.1) is 0 Å². The summed E-state index contributed by atoms with van der Waals surface area (Å²) in [5, 5.41) is 0.627. The number of piperidine rings is 1. The third kappa shape index (κ3) is 4.97. The van der Waals surface area contributed by atoms with Gasteiger partial charge in [-0.15, -0.1) is 0 Å². The number of benzene rings is 1. The van der Waals surface area contributed by atoms with Gasteiger partial charge in [0, 0.05) is 36.5 Å². The summed E-state index contributed by atoms with van der Waals surface area (Å²) >= 11 is 1.52. The van der Waals surface area contributed by atoms with Gasteiger partial charge in [-0.25, -0.2) is 4.98 Å². The molecule has 0 saturated carbocycles. The highest BCUT2D eigenvalue weighted by atomic mass is 32.2. The number of hydrogen-bond acceptors (Lipinski definition) is 4. The summed E-state index contributed by atoms with van der Waals surface area (Å²) in [6.45, 7) is 3.55. The van der Waals surface area contributed by atoms with Crippen molar-refractivity contribution in [3.05, 3.63) is 57.5 Å². The summed E-state index contributed by atoms with van der Waals surface area (Å²) in [5.74, 6) is 0.904. The number of amides is 1. The summed E-state index contributed by atoms with van der Waals surface area (Å²) in [6.07, 6.45) is 4.20. The van der Waals surface area contributed by atoms with Gasteiger partial charge in [0.2, 0.25) is 5.91 Å². The summed E-state index contributed by atoms with van der Waals surface area (Å²) < 4.78 is 0. The number of rotatable bonds is 6. The maximum atomic E-state index is 12.4. The van der Waals surface area contributed by atoms with E-state index in [1.165, 1.54) is 23.7 Å². The number of hydrogen-bond donors (Lipinski definition) is 1. The highest BCUT2D eigenvalue weighted by molar-refractivity contribution is 7.98. The van der Waals surface area contributed by atoms with Crippen LogP contribution in [0.4, 0.5) is 0 Å². The van der Waals surface area contributed by atoms with Crippen LogP contribution in [0.1, 0.15) is 42.5 Å². The first-order valence-corrected chi connectivity index (χ1v) is 10.2. The van der Waals surface area contributed by atoms with E-state index in [0.717, 1.165) is 37.4 Å². The Morgan fingerprint density at radius 2 is 1.92 bits per heavy atom. The molecule has 2 heterocycles. The van der Waals surface area contributed by atoms with Gasteiger partial charge in [-0.05, 0) is 38.2 Å². The lowest BCUT2D eigenvalue weighted by Gasteiger charge is -2.26. The summed E-state index contributed by atoms with van der Waals surface area (Å²) in [5.41, 5.74) is 2.41. The lowest BCUT2D eigenvalue weighted by atomic mass is 10.1. The van der Waals surface area contributed by atoms with Crippen LogP contribution in [0.15, 0.2) is 40.3 Å². The number of carbonyl (C=O) groups excluding carboxylic acids is 1. The zero-order valence-corrected chi connectivity index (χ0v) is 16.0. The van der Waals surface area contributed by atoms with E-state index in [2.05, 4.69) is 22.1 Å². The maximum absolute atomic E-state index is 12.4. The van der Waals surface area contributed by atoms with Crippen LogP contribution in [0.3, 0.4) is 0 Å². The Morgan fingerprint density at radius 1 is 1.19 bits per heavy atom. The molecule has 1 amide bonds. The highest BCUT2D eigenvalue weighted by Crippen LogP contribution is 2.19. The minimum atomic E-state index is -0.125. The standard InChI is InChI=1S/C20H25N3O2S/c1-15-17(10-11-18(24)23-12-6-3-7-13-23)19(25)22-20(21-15)26-14-16-8-4-2-5-9-16/h2,4-5,8-9H,3,6-7,10-14H2,1H3,(H,21,22,25). The van der Waals surface area contributed by atoms with E-state index in [-0.39, 0.29) is 11.5 Å².